The summed E-state index contributed by atoms with van der Waals surface area (Å²) in [6.07, 6.45) is 0. The lowest BCUT2D eigenvalue weighted by Crippen LogP contribution is -2.28. The van der Waals surface area contributed by atoms with Crippen molar-refractivity contribution in [2.75, 3.05) is 13.2 Å². The van der Waals surface area contributed by atoms with Crippen LogP contribution in [0.2, 0.25) is 0 Å². The van der Waals surface area contributed by atoms with Crippen LogP contribution in [0.25, 0.3) is 11.1 Å². The molecule has 3 rings (SSSR count). The zero-order valence-electron chi connectivity index (χ0n) is 13.9. The first-order chi connectivity index (χ1) is 11.5. The van der Waals surface area contributed by atoms with Crippen LogP contribution in [0, 0.1) is 20.8 Å². The Bertz CT molecular complexity index is 869. The molecule has 1 amide bonds. The van der Waals surface area contributed by atoms with Gasteiger partial charge in [-0.3, -0.25) is 4.79 Å². The fraction of sp³-hybridized carbons (Fsp3) is 0.278. The second-order valence-corrected chi connectivity index (χ2v) is 5.68. The third kappa shape index (κ3) is 3.37. The molecule has 0 bridgehead atoms. The molecule has 0 atom stereocenters. The van der Waals surface area contributed by atoms with Crippen molar-refractivity contribution in [3.05, 3.63) is 52.8 Å². The first kappa shape index (κ1) is 16.0. The summed E-state index contributed by atoms with van der Waals surface area (Å²) in [5, 5.41) is 7.39. The predicted octanol–water partition coefficient (Wildman–Crippen LogP) is 2.96. The van der Waals surface area contributed by atoms with Crippen LogP contribution in [-0.4, -0.2) is 29.2 Å². The topological polar surface area (TPSA) is 77.2 Å². The largest absolute Gasteiger partial charge is 0.492 e. The smallest absolute Gasteiger partial charge is 0.258 e. The Morgan fingerprint density at radius 2 is 1.96 bits per heavy atom. The molecule has 1 N–H and O–H groups in total. The molecule has 6 heteroatoms. The van der Waals surface area contributed by atoms with E-state index in [1.165, 1.54) is 5.56 Å². The molecular formula is C18H19N3O3. The maximum atomic E-state index is 12.5. The van der Waals surface area contributed by atoms with Crippen LogP contribution < -0.4 is 10.1 Å². The standard InChI is InChI=1S/C18H19N3O3/c1-11-4-6-14(7-5-11)23-9-8-19-17(22)15-10-12(2)20-18-16(15)13(3)21-24-18/h4-7,10H,8-9H2,1-3H3,(H,19,22). The van der Waals surface area contributed by atoms with Gasteiger partial charge in [0.05, 0.1) is 23.2 Å². The Morgan fingerprint density at radius 3 is 2.71 bits per heavy atom. The lowest BCUT2D eigenvalue weighted by atomic mass is 10.1. The van der Waals surface area contributed by atoms with Crippen molar-refractivity contribution >= 4 is 17.0 Å². The van der Waals surface area contributed by atoms with Gasteiger partial charge in [-0.05, 0) is 39.0 Å². The van der Waals surface area contributed by atoms with Gasteiger partial charge in [-0.2, -0.15) is 0 Å². The van der Waals surface area contributed by atoms with Crippen molar-refractivity contribution in [1.82, 2.24) is 15.5 Å². The molecular weight excluding hydrogens is 306 g/mol. The van der Waals surface area contributed by atoms with Gasteiger partial charge in [0.15, 0.2) is 0 Å². The van der Waals surface area contributed by atoms with Gasteiger partial charge in [-0.25, -0.2) is 4.98 Å². The van der Waals surface area contributed by atoms with E-state index in [-0.39, 0.29) is 5.91 Å². The van der Waals surface area contributed by atoms with E-state index in [0.29, 0.717) is 41.2 Å². The van der Waals surface area contributed by atoms with E-state index in [2.05, 4.69) is 15.5 Å². The minimum Gasteiger partial charge on any atom is -0.492 e. The van der Waals surface area contributed by atoms with Crippen LogP contribution in [-0.2, 0) is 0 Å². The van der Waals surface area contributed by atoms with E-state index in [1.807, 2.05) is 38.1 Å². The summed E-state index contributed by atoms with van der Waals surface area (Å²) in [6.45, 7) is 6.42. The highest BCUT2D eigenvalue weighted by Crippen LogP contribution is 2.21. The van der Waals surface area contributed by atoms with Crippen LogP contribution in [0.5, 0.6) is 5.75 Å². The summed E-state index contributed by atoms with van der Waals surface area (Å²) >= 11 is 0. The number of carbonyl (C=O) groups excluding carboxylic acids is 1. The van der Waals surface area contributed by atoms with Gasteiger partial charge in [0.1, 0.15) is 12.4 Å². The number of aromatic nitrogens is 2. The normalized spacial score (nSPS) is 10.8. The molecule has 0 aliphatic heterocycles. The van der Waals surface area contributed by atoms with Crippen molar-refractivity contribution in [2.45, 2.75) is 20.8 Å². The summed E-state index contributed by atoms with van der Waals surface area (Å²) in [7, 11) is 0. The molecule has 0 aliphatic carbocycles. The summed E-state index contributed by atoms with van der Waals surface area (Å²) in [4.78, 5) is 16.7. The van der Waals surface area contributed by atoms with Gasteiger partial charge in [0.2, 0.25) is 0 Å². The van der Waals surface area contributed by atoms with Gasteiger partial charge >= 0.3 is 0 Å². The summed E-state index contributed by atoms with van der Waals surface area (Å²) in [6, 6.07) is 9.53. The molecule has 6 nitrogen and oxygen atoms in total. The number of amides is 1. The molecule has 0 radical (unpaired) electrons. The van der Waals surface area contributed by atoms with Crippen LogP contribution in [0.1, 0.15) is 27.3 Å². The van der Waals surface area contributed by atoms with E-state index < -0.39 is 0 Å². The van der Waals surface area contributed by atoms with Gasteiger partial charge in [0, 0.05) is 5.69 Å². The van der Waals surface area contributed by atoms with Gasteiger partial charge < -0.3 is 14.6 Å². The number of nitrogens with zero attached hydrogens (tertiary/aromatic N) is 2. The van der Waals surface area contributed by atoms with Crippen LogP contribution in [0.15, 0.2) is 34.9 Å². The third-order valence-electron chi connectivity index (χ3n) is 3.67. The summed E-state index contributed by atoms with van der Waals surface area (Å²) in [5.41, 5.74) is 3.44. The molecule has 0 fully saturated rings. The second kappa shape index (κ2) is 6.70. The van der Waals surface area contributed by atoms with Crippen molar-refractivity contribution < 1.29 is 14.1 Å². The first-order valence-corrected chi connectivity index (χ1v) is 7.76. The maximum absolute atomic E-state index is 12.5. The molecule has 0 spiro atoms. The second-order valence-electron chi connectivity index (χ2n) is 5.68. The number of pyridine rings is 1. The maximum Gasteiger partial charge on any atom is 0.258 e. The Balaban J connectivity index is 1.63. The van der Waals surface area contributed by atoms with Crippen molar-refractivity contribution in [3.8, 4) is 5.75 Å². The van der Waals surface area contributed by atoms with E-state index >= 15 is 0 Å². The van der Waals surface area contributed by atoms with E-state index in [4.69, 9.17) is 9.26 Å². The van der Waals surface area contributed by atoms with Crippen LogP contribution in [0.3, 0.4) is 0 Å². The van der Waals surface area contributed by atoms with Crippen molar-refractivity contribution in [1.29, 1.82) is 0 Å². The molecule has 0 aliphatic rings. The monoisotopic (exact) mass is 325 g/mol. The Hall–Kier alpha value is -2.89. The highest BCUT2D eigenvalue weighted by molar-refractivity contribution is 6.06. The van der Waals surface area contributed by atoms with E-state index in [0.717, 1.165) is 5.75 Å². The SMILES string of the molecule is Cc1ccc(OCCNC(=O)c2cc(C)nc3onc(C)c23)cc1. The zero-order valence-corrected chi connectivity index (χ0v) is 13.9. The van der Waals surface area contributed by atoms with E-state index in [1.54, 1.807) is 13.0 Å². The average molecular weight is 325 g/mol. The Labute approximate surface area is 139 Å². The minimum atomic E-state index is -0.190. The minimum absolute atomic E-state index is 0.190. The molecule has 2 aromatic heterocycles. The molecule has 0 saturated heterocycles. The number of ether oxygens (including phenoxy) is 1. The fourth-order valence-electron chi connectivity index (χ4n) is 2.46. The molecule has 1 aromatic carbocycles. The van der Waals surface area contributed by atoms with Crippen molar-refractivity contribution in [3.63, 3.8) is 0 Å². The lowest BCUT2D eigenvalue weighted by Gasteiger charge is -2.09. The number of benzene rings is 1. The fourth-order valence-corrected chi connectivity index (χ4v) is 2.46. The van der Waals surface area contributed by atoms with Gasteiger partial charge in [-0.15, -0.1) is 0 Å². The quantitative estimate of drug-likeness (QED) is 0.730. The lowest BCUT2D eigenvalue weighted by molar-refractivity contribution is 0.0948. The molecule has 124 valence electrons. The summed E-state index contributed by atoms with van der Waals surface area (Å²) in [5.74, 6) is 0.594. The van der Waals surface area contributed by atoms with Crippen LogP contribution >= 0.6 is 0 Å². The predicted molar refractivity (Wildman–Crippen MR) is 90.3 cm³/mol. The number of hydrogen-bond acceptors (Lipinski definition) is 5. The molecule has 0 saturated carbocycles. The average Bonchev–Trinajstić information content (AvgIpc) is 2.93. The number of rotatable bonds is 5. The number of nitrogens with one attached hydrogen (secondary N) is 1. The number of aryl methyl sites for hydroxylation is 3. The highest BCUT2D eigenvalue weighted by atomic mass is 16.5. The van der Waals surface area contributed by atoms with Crippen LogP contribution in [0.4, 0.5) is 0 Å². The Kier molecular flexibility index (Phi) is 4.46. The molecule has 0 unspecified atom stereocenters. The third-order valence-corrected chi connectivity index (χ3v) is 3.67. The van der Waals surface area contributed by atoms with Crippen molar-refractivity contribution in [2.24, 2.45) is 0 Å². The van der Waals surface area contributed by atoms with E-state index in [9.17, 15) is 4.79 Å². The Morgan fingerprint density at radius 1 is 1.21 bits per heavy atom. The van der Waals surface area contributed by atoms with Gasteiger partial charge in [0.25, 0.3) is 11.6 Å². The number of fused-ring (bicyclic) bond motifs is 1. The summed E-state index contributed by atoms with van der Waals surface area (Å²) < 4.78 is 10.8. The number of carbonyl (C=O) groups is 1. The molecule has 3 aromatic rings. The highest BCUT2D eigenvalue weighted by Gasteiger charge is 2.17. The number of hydrogen-bond donors (Lipinski definition) is 1. The molecule has 24 heavy (non-hydrogen) atoms. The first-order valence-electron chi connectivity index (χ1n) is 7.76. The van der Waals surface area contributed by atoms with Gasteiger partial charge in [-0.1, -0.05) is 22.9 Å². The molecule has 2 heterocycles. The zero-order chi connectivity index (χ0) is 17.1.